The second kappa shape index (κ2) is 9.36. The van der Waals surface area contributed by atoms with Gasteiger partial charge >= 0.3 is 55.1 Å². The molecule has 0 unspecified atom stereocenters. The summed E-state index contributed by atoms with van der Waals surface area (Å²) in [6.07, 6.45) is 0.389. The summed E-state index contributed by atoms with van der Waals surface area (Å²) in [5.41, 5.74) is 0. The van der Waals surface area contributed by atoms with Crippen molar-refractivity contribution in [2.24, 2.45) is 0 Å². The first-order chi connectivity index (χ1) is 6.04. The van der Waals surface area contributed by atoms with E-state index in [0.717, 1.165) is 0 Å². The van der Waals surface area contributed by atoms with Crippen LogP contribution in [-0.4, -0.2) is 49.4 Å². The molecule has 6 heteroatoms. The van der Waals surface area contributed by atoms with Gasteiger partial charge in [0.25, 0.3) is 0 Å². The topological polar surface area (TPSA) is 71.4 Å². The van der Waals surface area contributed by atoms with E-state index >= 15 is 0 Å². The largest absolute Gasteiger partial charge is 0.295 e. The van der Waals surface area contributed by atoms with Crippen molar-refractivity contribution < 1.29 is 23.7 Å². The standard InChI is InChI=1S/C5H11NO2P.C2H2O2/c1-6(2,3-4-7)5-9-8;3-1-2-4/h7H,3-4H2,1-2H3;1-2H/q+1;. The van der Waals surface area contributed by atoms with Crippen molar-refractivity contribution >= 4 is 20.5 Å². The molecule has 13 heavy (non-hydrogen) atoms. The van der Waals surface area contributed by atoms with Gasteiger partial charge < -0.3 is 0 Å². The van der Waals surface area contributed by atoms with Gasteiger partial charge in [0.1, 0.15) is 0 Å². The second-order valence-corrected chi connectivity index (χ2v) is 2.98. The molecule has 0 aromatic heterocycles. The van der Waals surface area contributed by atoms with Gasteiger partial charge in [-0.3, -0.25) is 9.59 Å². The molecule has 0 rings (SSSR count). The molecule has 5 nitrogen and oxygen atoms in total. The first-order valence-corrected chi connectivity index (χ1v) is 4.27. The number of aldehydes is 2. The van der Waals surface area contributed by atoms with Crippen LogP contribution in [0.25, 0.3) is 0 Å². The van der Waals surface area contributed by atoms with Crippen LogP contribution in [0, 0.1) is 5.75 Å². The zero-order chi connectivity index (χ0) is 10.7. The molecular formula is C7H13NO4P+. The fourth-order valence-corrected chi connectivity index (χ4v) is 0.732. The van der Waals surface area contributed by atoms with Crippen molar-refractivity contribution in [3.05, 3.63) is 0 Å². The van der Waals surface area contributed by atoms with Crippen LogP contribution >= 0.6 is 7.92 Å². The minimum atomic E-state index is -0.105. The number of quaternary nitrogens is 1. The summed E-state index contributed by atoms with van der Waals surface area (Å²) >= 11 is 0. The maximum absolute atomic E-state index is 9.98. The van der Waals surface area contributed by atoms with E-state index in [-0.39, 0.29) is 27.1 Å². The van der Waals surface area contributed by atoms with Crippen LogP contribution in [0.15, 0.2) is 0 Å². The zero-order valence-electron chi connectivity index (χ0n) is 7.64. The van der Waals surface area contributed by atoms with E-state index in [4.69, 9.17) is 14.7 Å². The normalized spacial score (nSPS) is 8.85. The molecule has 0 saturated carbocycles. The molecule has 0 amide bonds. The molecule has 74 valence electrons. The Balaban J connectivity index is 0. The Kier molecular flexibility index (Phi) is 10.6. The van der Waals surface area contributed by atoms with Crippen molar-refractivity contribution in [3.8, 4) is 5.75 Å². The molecule has 0 atom stereocenters. The monoisotopic (exact) mass is 206 g/mol. The molecule has 0 aromatic rings. The maximum atomic E-state index is 9.98. The molecule has 0 saturated heterocycles. The Labute approximate surface area is 78.1 Å². The third-order valence-electron chi connectivity index (χ3n) is 1.03. The summed E-state index contributed by atoms with van der Waals surface area (Å²) in [4.78, 5) is 17.6. The Bertz CT molecular complexity index is 238. The summed E-state index contributed by atoms with van der Waals surface area (Å²) in [5, 5.41) is 8.47. The number of aliphatic hydroxyl groups is 1. The Morgan fingerprint density at radius 3 is 2.08 bits per heavy atom. The average Bonchev–Trinajstić information content (AvgIpc) is 2.04. The molecular weight excluding hydrogens is 193 g/mol. The molecule has 0 aliphatic heterocycles. The minimum absolute atomic E-state index is 0.0928. The first kappa shape index (κ1) is 14.8. The van der Waals surface area contributed by atoms with Crippen LogP contribution in [0.2, 0.25) is 0 Å². The Morgan fingerprint density at radius 2 is 1.85 bits per heavy atom. The number of aliphatic hydroxyl groups excluding tert-OH is 1. The van der Waals surface area contributed by atoms with Gasteiger partial charge in [-0.1, -0.05) is 0 Å². The van der Waals surface area contributed by atoms with Crippen molar-refractivity contribution in [2.75, 3.05) is 27.2 Å². The Morgan fingerprint density at radius 1 is 1.38 bits per heavy atom. The molecule has 0 aromatic carbocycles. The molecule has 0 aliphatic carbocycles. The predicted octanol–water partition coefficient (Wildman–Crippen LogP) is -0.352. The van der Waals surface area contributed by atoms with Crippen LogP contribution in [0.4, 0.5) is 0 Å². The van der Waals surface area contributed by atoms with Crippen molar-refractivity contribution in [2.45, 2.75) is 0 Å². The smallest absolute Gasteiger partial charge is 0.182 e. The number of hydrogen-bond donors (Lipinski definition) is 1. The van der Waals surface area contributed by atoms with Crippen LogP contribution in [0.5, 0.6) is 0 Å². The van der Waals surface area contributed by atoms with Gasteiger partial charge in [0.2, 0.25) is 0 Å². The predicted molar refractivity (Wildman–Crippen MR) is 47.7 cm³/mol. The molecule has 0 heterocycles. The van der Waals surface area contributed by atoms with Gasteiger partial charge in [0.15, 0.2) is 12.6 Å². The van der Waals surface area contributed by atoms with E-state index in [1.807, 2.05) is 14.1 Å². The molecule has 0 spiro atoms. The zero-order valence-corrected chi connectivity index (χ0v) is 8.53. The van der Waals surface area contributed by atoms with Crippen molar-refractivity contribution in [1.29, 1.82) is 0 Å². The van der Waals surface area contributed by atoms with E-state index < -0.39 is 0 Å². The second-order valence-electron chi connectivity index (χ2n) is 2.60. The van der Waals surface area contributed by atoms with Crippen LogP contribution < -0.4 is 0 Å². The molecule has 0 bridgehead atoms. The van der Waals surface area contributed by atoms with Crippen molar-refractivity contribution in [1.82, 2.24) is 0 Å². The van der Waals surface area contributed by atoms with Gasteiger partial charge in [-0.25, -0.2) is 0 Å². The number of carbonyl (C=O) groups excluding carboxylic acids is 2. The van der Waals surface area contributed by atoms with Crippen molar-refractivity contribution in [3.63, 3.8) is 0 Å². The number of nitrogens with zero attached hydrogens (tertiary/aromatic N) is 1. The molecule has 1 N–H and O–H groups in total. The van der Waals surface area contributed by atoms with Gasteiger partial charge in [-0.2, -0.15) is 0 Å². The summed E-state index contributed by atoms with van der Waals surface area (Å²) in [6.45, 7) is 0.644. The summed E-state index contributed by atoms with van der Waals surface area (Å²) in [6, 6.07) is 0. The van der Waals surface area contributed by atoms with E-state index in [0.29, 0.717) is 11.0 Å². The van der Waals surface area contributed by atoms with Gasteiger partial charge in [-0.05, 0) is 0 Å². The summed E-state index contributed by atoms with van der Waals surface area (Å²) in [7, 11) is 3.54. The van der Waals surface area contributed by atoms with Gasteiger partial charge in [0.05, 0.1) is 0 Å². The maximum Gasteiger partial charge on any atom is 0.182 e. The number of rotatable bonds is 3. The molecule has 0 radical (unpaired) electrons. The van der Waals surface area contributed by atoms with E-state index in [1.54, 1.807) is 0 Å². The quantitative estimate of drug-likeness (QED) is 0.296. The fraction of sp³-hybridized carbons (Fsp3) is 0.571. The number of likely N-dealkylation sites (N-methyl/N-ethyl adjacent to an activating group) is 1. The third kappa shape index (κ3) is 14.2. The SMILES string of the molecule is C[N+](C)(C#P=O)CCO.O=CC=O. The van der Waals surface area contributed by atoms with Gasteiger partial charge in [0, 0.05) is 0 Å². The fourth-order valence-electron chi connectivity index (χ4n) is 0.411. The number of hydrogen-bond acceptors (Lipinski definition) is 4. The third-order valence-corrected chi connectivity index (χ3v) is 1.65. The van der Waals surface area contributed by atoms with E-state index in [2.05, 4.69) is 5.75 Å². The van der Waals surface area contributed by atoms with Crippen LogP contribution in [-0.2, 0) is 14.2 Å². The van der Waals surface area contributed by atoms with E-state index in [9.17, 15) is 4.57 Å². The summed E-state index contributed by atoms with van der Waals surface area (Å²) in [5.74, 6) is 2.62. The molecule has 0 aliphatic rings. The minimum Gasteiger partial charge on any atom is -0.295 e. The number of carbonyl (C=O) groups is 2. The Hall–Kier alpha value is -0.730. The van der Waals surface area contributed by atoms with Gasteiger partial charge in [-0.15, -0.1) is 0 Å². The summed E-state index contributed by atoms with van der Waals surface area (Å²) < 4.78 is 10.3. The van der Waals surface area contributed by atoms with Crippen LogP contribution in [0.3, 0.4) is 0 Å². The van der Waals surface area contributed by atoms with Crippen LogP contribution in [0.1, 0.15) is 0 Å². The first-order valence-electron chi connectivity index (χ1n) is 3.46. The van der Waals surface area contributed by atoms with E-state index in [1.165, 1.54) is 0 Å². The molecule has 0 fully saturated rings. The average molecular weight is 206 g/mol.